The molecule has 2 heterocycles. The van der Waals surface area contributed by atoms with Gasteiger partial charge in [0.25, 0.3) is 0 Å². The van der Waals surface area contributed by atoms with Crippen LogP contribution in [0.25, 0.3) is 0 Å². The van der Waals surface area contributed by atoms with E-state index in [9.17, 15) is 14.3 Å². The van der Waals surface area contributed by atoms with Crippen molar-refractivity contribution in [1.29, 1.82) is 0 Å². The first kappa shape index (κ1) is 29.4. The fourth-order valence-electron chi connectivity index (χ4n) is 5.64. The SMILES string of the molecule is CCC1CC(OCC2=C(F)CCC=C2)CC(C)N1CC(O)Cn1nc(C)n(CCOCc2ccccc2)c1=O. The van der Waals surface area contributed by atoms with Crippen LogP contribution in [0.1, 0.15) is 57.3 Å². The third-order valence-corrected chi connectivity index (χ3v) is 7.80. The summed E-state index contributed by atoms with van der Waals surface area (Å²) in [5.41, 5.74) is 1.51. The van der Waals surface area contributed by atoms with Gasteiger partial charge in [0.2, 0.25) is 0 Å². The van der Waals surface area contributed by atoms with Crippen molar-refractivity contribution in [2.24, 2.45) is 0 Å². The van der Waals surface area contributed by atoms with Gasteiger partial charge in [-0.25, -0.2) is 13.9 Å². The number of hydrogen-bond acceptors (Lipinski definition) is 6. The van der Waals surface area contributed by atoms with Crippen molar-refractivity contribution in [3.63, 3.8) is 0 Å². The summed E-state index contributed by atoms with van der Waals surface area (Å²) in [4.78, 5) is 15.3. The number of β-amino-alcohol motifs (C(OH)–C–C–N with tert-alkyl or cyclic N) is 1. The van der Waals surface area contributed by atoms with E-state index >= 15 is 0 Å². The van der Waals surface area contributed by atoms with E-state index < -0.39 is 6.10 Å². The highest BCUT2D eigenvalue weighted by Gasteiger charge is 2.34. The monoisotopic (exact) mass is 542 g/mol. The molecule has 9 heteroatoms. The van der Waals surface area contributed by atoms with Gasteiger partial charge in [-0.05, 0) is 45.1 Å². The smallest absolute Gasteiger partial charge is 0.346 e. The van der Waals surface area contributed by atoms with Crippen molar-refractivity contribution in [1.82, 2.24) is 19.2 Å². The Morgan fingerprint density at radius 1 is 1.18 bits per heavy atom. The molecular formula is C30H43FN4O4. The first-order chi connectivity index (χ1) is 18.9. The Bertz CT molecular complexity index is 1180. The number of piperidine rings is 1. The van der Waals surface area contributed by atoms with E-state index in [1.165, 1.54) is 4.68 Å². The topological polar surface area (TPSA) is 81.8 Å². The molecule has 4 unspecified atom stereocenters. The fraction of sp³-hybridized carbons (Fsp3) is 0.600. The van der Waals surface area contributed by atoms with Crippen LogP contribution in [0.15, 0.2) is 58.7 Å². The zero-order chi connectivity index (χ0) is 27.8. The summed E-state index contributed by atoms with van der Waals surface area (Å²) < 4.78 is 28.9. The number of benzene rings is 1. The molecule has 1 N–H and O–H groups in total. The second-order valence-electron chi connectivity index (χ2n) is 10.7. The van der Waals surface area contributed by atoms with Gasteiger partial charge in [-0.15, -0.1) is 0 Å². The maximum absolute atomic E-state index is 14.1. The van der Waals surface area contributed by atoms with Gasteiger partial charge in [0.15, 0.2) is 0 Å². The molecular weight excluding hydrogens is 499 g/mol. The van der Waals surface area contributed by atoms with E-state index in [0.717, 1.165) is 31.2 Å². The second kappa shape index (κ2) is 14.2. The summed E-state index contributed by atoms with van der Waals surface area (Å²) in [6.45, 7) is 8.28. The standard InChI is InChI=1S/C30H43FN4O4/c1-4-26-17-28(39-21-25-12-8-9-13-29(25)31)16-22(2)34(26)18-27(36)19-35-30(37)33(23(3)32-35)14-15-38-20-24-10-6-5-7-11-24/h5-8,10-12,22,26-28,36H,4,9,13-21H2,1-3H3. The Balaban J connectivity index is 1.27. The summed E-state index contributed by atoms with van der Waals surface area (Å²) in [5.74, 6) is 0.540. The molecule has 2 aliphatic rings. The Morgan fingerprint density at radius 3 is 2.72 bits per heavy atom. The molecule has 2 aromatic rings. The van der Waals surface area contributed by atoms with E-state index in [1.54, 1.807) is 11.5 Å². The van der Waals surface area contributed by atoms with Crippen LogP contribution in [-0.2, 0) is 29.2 Å². The molecule has 4 atom stereocenters. The Kier molecular flexibility index (Phi) is 10.7. The Labute approximate surface area is 230 Å². The van der Waals surface area contributed by atoms with Gasteiger partial charge in [0, 0.05) is 30.6 Å². The van der Waals surface area contributed by atoms with Crippen LogP contribution in [0, 0.1) is 6.92 Å². The number of aryl methyl sites for hydroxylation is 1. The van der Waals surface area contributed by atoms with Crippen LogP contribution >= 0.6 is 0 Å². The molecule has 0 amide bonds. The summed E-state index contributed by atoms with van der Waals surface area (Å²) in [6.07, 6.45) is 6.95. The normalized spacial score (nSPS) is 22.9. The van der Waals surface area contributed by atoms with Crippen molar-refractivity contribution < 1.29 is 19.0 Å². The predicted molar refractivity (Wildman–Crippen MR) is 149 cm³/mol. The fourth-order valence-corrected chi connectivity index (χ4v) is 5.64. The highest BCUT2D eigenvalue weighted by molar-refractivity contribution is 5.26. The minimum atomic E-state index is -0.736. The van der Waals surface area contributed by atoms with Gasteiger partial charge in [-0.3, -0.25) is 9.47 Å². The number of aromatic nitrogens is 3. The molecule has 39 heavy (non-hydrogen) atoms. The number of allylic oxidation sites excluding steroid dienone is 2. The van der Waals surface area contributed by atoms with Gasteiger partial charge in [0.05, 0.1) is 45.1 Å². The zero-order valence-electron chi connectivity index (χ0n) is 23.5. The highest BCUT2D eigenvalue weighted by Crippen LogP contribution is 2.29. The molecule has 0 radical (unpaired) electrons. The van der Waals surface area contributed by atoms with Crippen molar-refractivity contribution in [3.8, 4) is 0 Å². The van der Waals surface area contributed by atoms with E-state index in [1.807, 2.05) is 42.5 Å². The van der Waals surface area contributed by atoms with E-state index in [0.29, 0.717) is 50.7 Å². The molecule has 1 aromatic heterocycles. The van der Waals surface area contributed by atoms with Crippen molar-refractivity contribution in [2.45, 2.75) is 96.9 Å². The molecule has 214 valence electrons. The average molecular weight is 543 g/mol. The molecule has 1 fully saturated rings. The third-order valence-electron chi connectivity index (χ3n) is 7.80. The van der Waals surface area contributed by atoms with Crippen molar-refractivity contribution in [2.75, 3.05) is 19.8 Å². The van der Waals surface area contributed by atoms with Crippen LogP contribution < -0.4 is 5.69 Å². The largest absolute Gasteiger partial charge is 0.390 e. The Morgan fingerprint density at radius 2 is 1.97 bits per heavy atom. The molecule has 0 bridgehead atoms. The first-order valence-corrected chi connectivity index (χ1v) is 14.2. The number of aliphatic hydroxyl groups excluding tert-OH is 1. The van der Waals surface area contributed by atoms with E-state index in [4.69, 9.17) is 9.47 Å². The van der Waals surface area contributed by atoms with Crippen LogP contribution in [0.2, 0.25) is 0 Å². The molecule has 1 aliphatic carbocycles. The third kappa shape index (κ3) is 7.97. The highest BCUT2D eigenvalue weighted by atomic mass is 19.1. The summed E-state index contributed by atoms with van der Waals surface area (Å²) in [6, 6.07) is 10.4. The molecule has 8 nitrogen and oxygen atoms in total. The average Bonchev–Trinajstić information content (AvgIpc) is 3.19. The molecule has 0 spiro atoms. The minimum Gasteiger partial charge on any atom is -0.390 e. The number of ether oxygens (including phenoxy) is 2. The summed E-state index contributed by atoms with van der Waals surface area (Å²) in [7, 11) is 0. The quantitative estimate of drug-likeness (QED) is 0.383. The van der Waals surface area contributed by atoms with Crippen LogP contribution in [0.3, 0.4) is 0 Å². The van der Waals surface area contributed by atoms with E-state index in [2.05, 4.69) is 23.8 Å². The minimum absolute atomic E-state index is 0.0547. The molecule has 1 aliphatic heterocycles. The van der Waals surface area contributed by atoms with Crippen molar-refractivity contribution in [3.05, 3.63) is 75.8 Å². The lowest BCUT2D eigenvalue weighted by Gasteiger charge is -2.44. The van der Waals surface area contributed by atoms with Gasteiger partial charge in [-0.2, -0.15) is 5.10 Å². The van der Waals surface area contributed by atoms with Crippen LogP contribution in [0.4, 0.5) is 4.39 Å². The van der Waals surface area contributed by atoms with Gasteiger partial charge >= 0.3 is 5.69 Å². The lowest BCUT2D eigenvalue weighted by molar-refractivity contribution is -0.0473. The molecule has 1 saturated heterocycles. The number of hydrogen-bond donors (Lipinski definition) is 1. The maximum atomic E-state index is 14.1. The van der Waals surface area contributed by atoms with Crippen LogP contribution in [-0.4, -0.2) is 68.4 Å². The molecule has 1 aromatic carbocycles. The lowest BCUT2D eigenvalue weighted by Crippen LogP contribution is -2.53. The number of likely N-dealkylation sites (tertiary alicyclic amines) is 1. The predicted octanol–water partition coefficient (Wildman–Crippen LogP) is 4.15. The van der Waals surface area contributed by atoms with Crippen molar-refractivity contribution >= 4 is 0 Å². The molecule has 0 saturated carbocycles. The van der Waals surface area contributed by atoms with Gasteiger partial charge < -0.3 is 14.6 Å². The first-order valence-electron chi connectivity index (χ1n) is 14.2. The second-order valence-corrected chi connectivity index (χ2v) is 10.7. The van der Waals surface area contributed by atoms with Gasteiger partial charge in [0.1, 0.15) is 11.7 Å². The number of aliphatic hydroxyl groups is 1. The number of rotatable bonds is 13. The zero-order valence-corrected chi connectivity index (χ0v) is 23.5. The number of nitrogens with zero attached hydrogens (tertiary/aromatic N) is 4. The van der Waals surface area contributed by atoms with E-state index in [-0.39, 0.29) is 36.2 Å². The molecule has 4 rings (SSSR count). The Hall–Kier alpha value is -2.59. The lowest BCUT2D eigenvalue weighted by atomic mass is 9.91. The van der Waals surface area contributed by atoms with Gasteiger partial charge in [-0.1, -0.05) is 49.4 Å². The number of halogens is 1. The summed E-state index contributed by atoms with van der Waals surface area (Å²) in [5, 5.41) is 15.4. The van der Waals surface area contributed by atoms with Crippen LogP contribution in [0.5, 0.6) is 0 Å². The summed E-state index contributed by atoms with van der Waals surface area (Å²) >= 11 is 0. The maximum Gasteiger partial charge on any atom is 0.346 e.